The van der Waals surface area contributed by atoms with E-state index in [1.165, 1.54) is 57.8 Å². The zero-order chi connectivity index (χ0) is 11.9. The number of hydrogen-bond donors (Lipinski definition) is 1. The van der Waals surface area contributed by atoms with Crippen LogP contribution in [-0.4, -0.2) is 25.3 Å². The molecule has 2 saturated carbocycles. The lowest BCUT2D eigenvalue weighted by Gasteiger charge is -2.24. The molecule has 0 bridgehead atoms. The molecule has 0 aromatic rings. The van der Waals surface area contributed by atoms with Crippen LogP contribution >= 0.6 is 0 Å². The van der Waals surface area contributed by atoms with Crippen molar-refractivity contribution < 1.29 is 4.74 Å². The third-order valence-corrected chi connectivity index (χ3v) is 4.52. The first-order valence-corrected chi connectivity index (χ1v) is 7.75. The van der Waals surface area contributed by atoms with E-state index in [1.54, 1.807) is 0 Å². The summed E-state index contributed by atoms with van der Waals surface area (Å²) in [7, 11) is 0. The fraction of sp³-hybridized carbons (Fsp3) is 1.00. The quantitative estimate of drug-likeness (QED) is 0.766. The van der Waals surface area contributed by atoms with Gasteiger partial charge in [0.15, 0.2) is 0 Å². The highest BCUT2D eigenvalue weighted by molar-refractivity contribution is 4.82. The van der Waals surface area contributed by atoms with Gasteiger partial charge in [-0.1, -0.05) is 32.6 Å². The molecule has 2 rings (SSSR count). The van der Waals surface area contributed by atoms with Crippen LogP contribution in [0.4, 0.5) is 0 Å². The van der Waals surface area contributed by atoms with Gasteiger partial charge in [0, 0.05) is 12.6 Å². The Hall–Kier alpha value is -0.0800. The Bertz CT molecular complexity index is 201. The van der Waals surface area contributed by atoms with E-state index in [2.05, 4.69) is 12.2 Å². The van der Waals surface area contributed by atoms with Crippen LogP contribution in [0.5, 0.6) is 0 Å². The number of ether oxygens (including phenoxy) is 1. The van der Waals surface area contributed by atoms with Gasteiger partial charge >= 0.3 is 0 Å². The van der Waals surface area contributed by atoms with Gasteiger partial charge in [-0.3, -0.25) is 0 Å². The molecule has 2 aliphatic rings. The first kappa shape index (κ1) is 13.4. The second kappa shape index (κ2) is 7.38. The fourth-order valence-corrected chi connectivity index (χ4v) is 3.53. The van der Waals surface area contributed by atoms with E-state index in [0.717, 1.165) is 25.1 Å². The minimum atomic E-state index is 0.586. The van der Waals surface area contributed by atoms with Crippen LogP contribution in [0.15, 0.2) is 0 Å². The van der Waals surface area contributed by atoms with Crippen molar-refractivity contribution in [1.82, 2.24) is 5.32 Å². The molecule has 0 saturated heterocycles. The van der Waals surface area contributed by atoms with Crippen molar-refractivity contribution in [1.29, 1.82) is 0 Å². The molecule has 2 unspecified atom stereocenters. The van der Waals surface area contributed by atoms with Crippen LogP contribution in [0.1, 0.15) is 64.7 Å². The zero-order valence-electron chi connectivity index (χ0n) is 11.4. The van der Waals surface area contributed by atoms with Gasteiger partial charge in [0.05, 0.1) is 6.10 Å². The van der Waals surface area contributed by atoms with Crippen molar-refractivity contribution in [2.24, 2.45) is 5.92 Å². The highest BCUT2D eigenvalue weighted by Gasteiger charge is 2.26. The van der Waals surface area contributed by atoms with E-state index in [-0.39, 0.29) is 0 Å². The van der Waals surface area contributed by atoms with Crippen molar-refractivity contribution in [3.05, 3.63) is 0 Å². The van der Waals surface area contributed by atoms with Gasteiger partial charge in [-0.15, -0.1) is 0 Å². The molecule has 100 valence electrons. The molecule has 0 radical (unpaired) electrons. The number of nitrogens with one attached hydrogen (secondary N) is 1. The summed E-state index contributed by atoms with van der Waals surface area (Å²) < 4.78 is 6.04. The summed E-state index contributed by atoms with van der Waals surface area (Å²) in [4.78, 5) is 0. The van der Waals surface area contributed by atoms with Gasteiger partial charge in [-0.25, -0.2) is 0 Å². The monoisotopic (exact) mass is 239 g/mol. The molecule has 0 aromatic carbocycles. The Balaban J connectivity index is 1.60. The van der Waals surface area contributed by atoms with Crippen molar-refractivity contribution in [3.63, 3.8) is 0 Å². The van der Waals surface area contributed by atoms with E-state index in [1.807, 2.05) is 0 Å². The average Bonchev–Trinajstić information content (AvgIpc) is 2.79. The minimum Gasteiger partial charge on any atom is -0.378 e. The topological polar surface area (TPSA) is 21.3 Å². The summed E-state index contributed by atoms with van der Waals surface area (Å²) in [5.74, 6) is 0.874. The molecule has 2 nitrogen and oxygen atoms in total. The normalized spacial score (nSPS) is 30.9. The molecule has 2 heteroatoms. The third kappa shape index (κ3) is 4.26. The Morgan fingerprint density at radius 1 is 1.00 bits per heavy atom. The Morgan fingerprint density at radius 2 is 1.82 bits per heavy atom. The van der Waals surface area contributed by atoms with Gasteiger partial charge in [-0.05, 0) is 44.6 Å². The van der Waals surface area contributed by atoms with Crippen LogP contribution in [0.25, 0.3) is 0 Å². The highest BCUT2D eigenvalue weighted by Crippen LogP contribution is 2.29. The molecule has 0 aromatic heterocycles. The van der Waals surface area contributed by atoms with Crippen molar-refractivity contribution >= 4 is 0 Å². The Kier molecular flexibility index (Phi) is 5.79. The average molecular weight is 239 g/mol. The van der Waals surface area contributed by atoms with E-state index in [4.69, 9.17) is 4.74 Å². The number of hydrogen-bond acceptors (Lipinski definition) is 2. The maximum atomic E-state index is 6.04. The SMILES string of the molecule is CCNC1CCCC1CCOC1CCCCC1. The largest absolute Gasteiger partial charge is 0.378 e. The maximum absolute atomic E-state index is 6.04. The summed E-state index contributed by atoms with van der Waals surface area (Å²) in [6.07, 6.45) is 12.9. The molecule has 17 heavy (non-hydrogen) atoms. The van der Waals surface area contributed by atoms with Crippen LogP contribution < -0.4 is 5.32 Å². The lowest BCUT2D eigenvalue weighted by Crippen LogP contribution is -2.33. The molecule has 1 N–H and O–H groups in total. The van der Waals surface area contributed by atoms with Gasteiger partial charge < -0.3 is 10.1 Å². The molecule has 2 aliphatic carbocycles. The Labute approximate surface area is 107 Å². The molecule has 0 spiro atoms. The van der Waals surface area contributed by atoms with Gasteiger partial charge in [0.1, 0.15) is 0 Å². The fourth-order valence-electron chi connectivity index (χ4n) is 3.53. The van der Waals surface area contributed by atoms with E-state index in [0.29, 0.717) is 6.10 Å². The lowest BCUT2D eigenvalue weighted by atomic mass is 9.97. The van der Waals surface area contributed by atoms with Crippen LogP contribution in [0.3, 0.4) is 0 Å². The standard InChI is InChI=1S/C15H29NO/c1-2-16-15-10-6-7-13(15)11-12-17-14-8-4-3-5-9-14/h13-16H,2-12H2,1H3. The van der Waals surface area contributed by atoms with Crippen LogP contribution in [-0.2, 0) is 4.74 Å². The van der Waals surface area contributed by atoms with Gasteiger partial charge in [0.2, 0.25) is 0 Å². The minimum absolute atomic E-state index is 0.586. The summed E-state index contributed by atoms with van der Waals surface area (Å²) in [5, 5.41) is 3.63. The van der Waals surface area contributed by atoms with E-state index in [9.17, 15) is 0 Å². The molecular weight excluding hydrogens is 210 g/mol. The molecular formula is C15H29NO. The predicted molar refractivity (Wildman–Crippen MR) is 72.2 cm³/mol. The smallest absolute Gasteiger partial charge is 0.0575 e. The first-order chi connectivity index (χ1) is 8.40. The van der Waals surface area contributed by atoms with Gasteiger partial charge in [-0.2, -0.15) is 0 Å². The van der Waals surface area contributed by atoms with Crippen LogP contribution in [0, 0.1) is 5.92 Å². The molecule has 0 aliphatic heterocycles. The molecule has 0 heterocycles. The zero-order valence-corrected chi connectivity index (χ0v) is 11.4. The second-order valence-electron chi connectivity index (χ2n) is 5.77. The molecule has 2 atom stereocenters. The van der Waals surface area contributed by atoms with Crippen molar-refractivity contribution in [2.45, 2.75) is 76.9 Å². The summed E-state index contributed by atoms with van der Waals surface area (Å²) >= 11 is 0. The molecule has 2 fully saturated rings. The maximum Gasteiger partial charge on any atom is 0.0575 e. The van der Waals surface area contributed by atoms with Crippen LogP contribution in [0.2, 0.25) is 0 Å². The van der Waals surface area contributed by atoms with Crippen molar-refractivity contribution in [3.8, 4) is 0 Å². The predicted octanol–water partition coefficient (Wildman–Crippen LogP) is 3.50. The van der Waals surface area contributed by atoms with E-state index < -0.39 is 0 Å². The first-order valence-electron chi connectivity index (χ1n) is 7.75. The van der Waals surface area contributed by atoms with E-state index >= 15 is 0 Å². The second-order valence-corrected chi connectivity index (χ2v) is 5.77. The third-order valence-electron chi connectivity index (χ3n) is 4.52. The lowest BCUT2D eigenvalue weighted by molar-refractivity contribution is 0.0202. The molecule has 0 amide bonds. The Morgan fingerprint density at radius 3 is 2.59 bits per heavy atom. The summed E-state index contributed by atoms with van der Waals surface area (Å²) in [6.45, 7) is 4.33. The van der Waals surface area contributed by atoms with Gasteiger partial charge in [0.25, 0.3) is 0 Å². The van der Waals surface area contributed by atoms with Crippen molar-refractivity contribution in [2.75, 3.05) is 13.2 Å². The summed E-state index contributed by atoms with van der Waals surface area (Å²) in [6, 6.07) is 0.773. The summed E-state index contributed by atoms with van der Waals surface area (Å²) in [5.41, 5.74) is 0. The number of rotatable bonds is 6. The highest BCUT2D eigenvalue weighted by atomic mass is 16.5.